The summed E-state index contributed by atoms with van der Waals surface area (Å²) in [7, 11) is 0. The molecule has 0 unspecified atom stereocenters. The zero-order valence-electron chi connectivity index (χ0n) is 15.9. The molecule has 0 radical (unpaired) electrons. The molecule has 0 saturated carbocycles. The van der Waals surface area contributed by atoms with E-state index in [0.29, 0.717) is 31.0 Å². The summed E-state index contributed by atoms with van der Waals surface area (Å²) in [5.41, 5.74) is 1.14. The molecule has 1 aromatic carbocycles. The fraction of sp³-hybridized carbons (Fsp3) is 0.455. The van der Waals surface area contributed by atoms with E-state index in [0.717, 1.165) is 37.9 Å². The molecule has 2 fully saturated rings. The molecule has 2 aliphatic heterocycles. The summed E-state index contributed by atoms with van der Waals surface area (Å²) >= 11 is 0. The number of aromatic amines is 1. The summed E-state index contributed by atoms with van der Waals surface area (Å²) in [6.45, 7) is 2.70. The molecule has 6 heteroatoms. The maximum absolute atomic E-state index is 14.1. The quantitative estimate of drug-likeness (QED) is 0.831. The Hall–Kier alpha value is -2.47. The molecule has 0 atom stereocenters. The molecule has 2 aliphatic rings. The van der Waals surface area contributed by atoms with Gasteiger partial charge in [-0.15, -0.1) is 0 Å². The van der Waals surface area contributed by atoms with Crippen LogP contribution in [0.15, 0.2) is 47.4 Å². The van der Waals surface area contributed by atoms with Gasteiger partial charge in [0, 0.05) is 38.4 Å². The van der Waals surface area contributed by atoms with Gasteiger partial charge in [0.2, 0.25) is 11.5 Å². The number of pyridine rings is 1. The van der Waals surface area contributed by atoms with Gasteiger partial charge in [-0.3, -0.25) is 9.59 Å². The number of H-pyrrole nitrogens is 1. The SMILES string of the molecule is O=C(N1CCC(Cc2ccc(=O)[nH]c2)CC1)C1(Cc2ccccc2F)CNC1. The van der Waals surface area contributed by atoms with Crippen molar-refractivity contribution >= 4 is 5.91 Å². The largest absolute Gasteiger partial charge is 0.342 e. The lowest BCUT2D eigenvalue weighted by atomic mass is 9.74. The third-order valence-corrected chi connectivity index (χ3v) is 6.14. The van der Waals surface area contributed by atoms with Crippen LogP contribution >= 0.6 is 0 Å². The summed E-state index contributed by atoms with van der Waals surface area (Å²) < 4.78 is 14.1. The number of amides is 1. The van der Waals surface area contributed by atoms with Gasteiger partial charge in [0.05, 0.1) is 5.41 Å². The molecule has 0 bridgehead atoms. The van der Waals surface area contributed by atoms with E-state index < -0.39 is 5.41 Å². The topological polar surface area (TPSA) is 65.2 Å². The number of rotatable bonds is 5. The van der Waals surface area contributed by atoms with Gasteiger partial charge in [-0.05, 0) is 48.8 Å². The molecule has 1 amide bonds. The number of nitrogens with one attached hydrogen (secondary N) is 2. The molecule has 0 aliphatic carbocycles. The zero-order chi connectivity index (χ0) is 19.6. The number of carbonyl (C=O) groups is 1. The number of aromatic nitrogens is 1. The van der Waals surface area contributed by atoms with Crippen LogP contribution in [0.25, 0.3) is 0 Å². The minimum absolute atomic E-state index is 0.0848. The number of carbonyl (C=O) groups excluding carboxylic acids is 1. The fourth-order valence-electron chi connectivity index (χ4n) is 4.36. The molecule has 2 aromatic rings. The minimum atomic E-state index is -0.520. The predicted octanol–water partition coefficient (Wildman–Crippen LogP) is 2.13. The Morgan fingerprint density at radius 1 is 1.14 bits per heavy atom. The van der Waals surface area contributed by atoms with Crippen LogP contribution in [-0.4, -0.2) is 42.0 Å². The Bertz CT molecular complexity index is 878. The van der Waals surface area contributed by atoms with Crippen molar-refractivity contribution in [2.75, 3.05) is 26.2 Å². The van der Waals surface area contributed by atoms with Gasteiger partial charge >= 0.3 is 0 Å². The first-order valence-corrected chi connectivity index (χ1v) is 9.97. The summed E-state index contributed by atoms with van der Waals surface area (Å²) in [5.74, 6) is 0.426. The van der Waals surface area contributed by atoms with Crippen molar-refractivity contribution in [2.45, 2.75) is 25.7 Å². The maximum atomic E-state index is 14.1. The zero-order valence-corrected chi connectivity index (χ0v) is 15.9. The van der Waals surface area contributed by atoms with E-state index in [2.05, 4.69) is 10.3 Å². The highest BCUT2D eigenvalue weighted by molar-refractivity contribution is 5.85. The summed E-state index contributed by atoms with van der Waals surface area (Å²) in [6, 6.07) is 10.2. The molecule has 28 heavy (non-hydrogen) atoms. The molecule has 0 spiro atoms. The normalized spacial score (nSPS) is 19.2. The molecule has 2 N–H and O–H groups in total. The van der Waals surface area contributed by atoms with Crippen LogP contribution in [0, 0.1) is 17.2 Å². The van der Waals surface area contributed by atoms with Crippen LogP contribution in [0.1, 0.15) is 24.0 Å². The molecule has 5 nitrogen and oxygen atoms in total. The highest BCUT2D eigenvalue weighted by atomic mass is 19.1. The number of hydrogen-bond acceptors (Lipinski definition) is 3. The van der Waals surface area contributed by atoms with Crippen LogP contribution in [0.2, 0.25) is 0 Å². The van der Waals surface area contributed by atoms with Crippen molar-refractivity contribution in [1.82, 2.24) is 15.2 Å². The molecular formula is C22H26FN3O2. The Kier molecular flexibility index (Phi) is 5.31. The second-order valence-electron chi connectivity index (χ2n) is 8.15. The average molecular weight is 383 g/mol. The smallest absolute Gasteiger partial charge is 0.247 e. The average Bonchev–Trinajstić information content (AvgIpc) is 2.68. The van der Waals surface area contributed by atoms with Gasteiger partial charge in [0.15, 0.2) is 0 Å². The number of piperidine rings is 1. The van der Waals surface area contributed by atoms with Crippen LogP contribution in [-0.2, 0) is 17.6 Å². The van der Waals surface area contributed by atoms with Crippen LogP contribution in [0.3, 0.4) is 0 Å². The van der Waals surface area contributed by atoms with E-state index in [4.69, 9.17) is 0 Å². The second kappa shape index (κ2) is 7.87. The van der Waals surface area contributed by atoms with Crippen molar-refractivity contribution in [3.8, 4) is 0 Å². The van der Waals surface area contributed by atoms with E-state index in [1.165, 1.54) is 6.07 Å². The lowest BCUT2D eigenvalue weighted by Crippen LogP contribution is -2.64. The van der Waals surface area contributed by atoms with Gasteiger partial charge in [-0.25, -0.2) is 4.39 Å². The summed E-state index contributed by atoms with van der Waals surface area (Å²) in [4.78, 5) is 29.1. The molecule has 1 aromatic heterocycles. The Morgan fingerprint density at radius 2 is 1.89 bits per heavy atom. The highest BCUT2D eigenvalue weighted by Gasteiger charge is 2.47. The maximum Gasteiger partial charge on any atom is 0.247 e. The van der Waals surface area contributed by atoms with Crippen molar-refractivity contribution in [3.05, 3.63) is 69.9 Å². The fourth-order valence-corrected chi connectivity index (χ4v) is 4.36. The predicted molar refractivity (Wildman–Crippen MR) is 105 cm³/mol. The molecular weight excluding hydrogens is 357 g/mol. The van der Waals surface area contributed by atoms with E-state index in [9.17, 15) is 14.0 Å². The number of nitrogens with zero attached hydrogens (tertiary/aromatic N) is 1. The number of benzene rings is 1. The first-order valence-electron chi connectivity index (χ1n) is 9.97. The van der Waals surface area contributed by atoms with Crippen molar-refractivity contribution in [2.24, 2.45) is 11.3 Å². The second-order valence-corrected chi connectivity index (χ2v) is 8.15. The number of likely N-dealkylation sites (tertiary alicyclic amines) is 1. The van der Waals surface area contributed by atoms with Crippen LogP contribution in [0.5, 0.6) is 0 Å². The Balaban J connectivity index is 1.37. The third-order valence-electron chi connectivity index (χ3n) is 6.14. The standard InChI is InChI=1S/C22H26FN3O2/c23-19-4-2-1-3-18(19)12-22(14-24-15-22)21(28)26-9-7-16(8-10-26)11-17-5-6-20(27)25-13-17/h1-6,13,16,24H,7-12,14-15H2,(H,25,27). The summed E-state index contributed by atoms with van der Waals surface area (Å²) in [6.07, 6.45) is 5.05. The third kappa shape index (κ3) is 3.87. The Labute approximate surface area is 164 Å². The van der Waals surface area contributed by atoms with Gasteiger partial charge < -0.3 is 15.2 Å². The van der Waals surface area contributed by atoms with Crippen LogP contribution in [0.4, 0.5) is 4.39 Å². The molecule has 4 rings (SSSR count). The lowest BCUT2D eigenvalue weighted by molar-refractivity contribution is -0.146. The lowest BCUT2D eigenvalue weighted by Gasteiger charge is -2.46. The molecule has 2 saturated heterocycles. The van der Waals surface area contributed by atoms with E-state index >= 15 is 0 Å². The molecule has 3 heterocycles. The minimum Gasteiger partial charge on any atom is -0.342 e. The van der Waals surface area contributed by atoms with Crippen molar-refractivity contribution in [3.63, 3.8) is 0 Å². The summed E-state index contributed by atoms with van der Waals surface area (Å²) in [5, 5.41) is 3.21. The van der Waals surface area contributed by atoms with Crippen molar-refractivity contribution in [1.29, 1.82) is 0 Å². The monoisotopic (exact) mass is 383 g/mol. The van der Waals surface area contributed by atoms with Gasteiger partial charge in [-0.1, -0.05) is 24.3 Å². The van der Waals surface area contributed by atoms with Gasteiger partial charge in [-0.2, -0.15) is 0 Å². The molecule has 148 valence electrons. The highest BCUT2D eigenvalue weighted by Crippen LogP contribution is 2.33. The Morgan fingerprint density at radius 3 is 2.50 bits per heavy atom. The first kappa shape index (κ1) is 18.9. The van der Waals surface area contributed by atoms with Crippen molar-refractivity contribution < 1.29 is 9.18 Å². The van der Waals surface area contributed by atoms with Gasteiger partial charge in [0.25, 0.3) is 0 Å². The number of hydrogen-bond donors (Lipinski definition) is 2. The van der Waals surface area contributed by atoms with E-state index in [-0.39, 0.29) is 17.3 Å². The van der Waals surface area contributed by atoms with Crippen LogP contribution < -0.4 is 10.9 Å². The first-order chi connectivity index (χ1) is 13.6. The number of halogens is 1. The van der Waals surface area contributed by atoms with E-state index in [1.807, 2.05) is 17.0 Å². The van der Waals surface area contributed by atoms with E-state index in [1.54, 1.807) is 24.4 Å². The van der Waals surface area contributed by atoms with Gasteiger partial charge in [0.1, 0.15) is 5.82 Å².